The summed E-state index contributed by atoms with van der Waals surface area (Å²) in [6, 6.07) is 14.9. The van der Waals surface area contributed by atoms with E-state index in [-0.39, 0.29) is 0 Å². The molecule has 0 amide bonds. The lowest BCUT2D eigenvalue weighted by atomic mass is 10.00. The van der Waals surface area contributed by atoms with E-state index in [2.05, 4.69) is 50.4 Å². The van der Waals surface area contributed by atoms with Gasteiger partial charge in [0.1, 0.15) is 0 Å². The second-order valence-corrected chi connectivity index (χ2v) is 5.79. The van der Waals surface area contributed by atoms with Gasteiger partial charge in [0.2, 0.25) is 0 Å². The maximum atomic E-state index is 10.3. The Hall–Kier alpha value is -1.38. The van der Waals surface area contributed by atoms with Crippen molar-refractivity contribution in [2.24, 2.45) is 5.92 Å². The predicted octanol–water partition coefficient (Wildman–Crippen LogP) is 3.90. The summed E-state index contributed by atoms with van der Waals surface area (Å²) in [5, 5.41) is 16.2. The van der Waals surface area contributed by atoms with E-state index in [4.69, 9.17) is 0 Å². The number of rotatable bonds is 6. The molecule has 2 rings (SSSR count). The average Bonchev–Trinajstić information content (AvgIpc) is 2.46. The van der Waals surface area contributed by atoms with Crippen molar-refractivity contribution in [1.29, 1.82) is 0 Å². The standard InChI is InChI=1S/C18H25NO/c1-4-17(13(2)3)19-12-18(20)16-10-9-14-7-5-6-8-15(14)11-16/h5-11,13,17-20H,4,12H2,1-3H3. The number of hydrogen-bond acceptors (Lipinski definition) is 2. The highest BCUT2D eigenvalue weighted by Gasteiger charge is 2.13. The van der Waals surface area contributed by atoms with Gasteiger partial charge in [-0.1, -0.05) is 57.2 Å². The van der Waals surface area contributed by atoms with Gasteiger partial charge in [0.25, 0.3) is 0 Å². The monoisotopic (exact) mass is 271 g/mol. The highest BCUT2D eigenvalue weighted by atomic mass is 16.3. The Kier molecular flexibility index (Phi) is 5.16. The van der Waals surface area contributed by atoms with Crippen LogP contribution in [0.25, 0.3) is 10.8 Å². The van der Waals surface area contributed by atoms with Crippen LogP contribution in [0.2, 0.25) is 0 Å². The van der Waals surface area contributed by atoms with Gasteiger partial charge in [-0.2, -0.15) is 0 Å². The van der Waals surface area contributed by atoms with Crippen molar-refractivity contribution in [2.45, 2.75) is 39.3 Å². The average molecular weight is 271 g/mol. The molecule has 0 saturated heterocycles. The summed E-state index contributed by atoms with van der Waals surface area (Å²) in [5.74, 6) is 0.587. The lowest BCUT2D eigenvalue weighted by Crippen LogP contribution is -2.36. The van der Waals surface area contributed by atoms with Crippen LogP contribution >= 0.6 is 0 Å². The molecular weight excluding hydrogens is 246 g/mol. The zero-order valence-corrected chi connectivity index (χ0v) is 12.6. The maximum Gasteiger partial charge on any atom is 0.0914 e. The van der Waals surface area contributed by atoms with Gasteiger partial charge in [-0.3, -0.25) is 0 Å². The SMILES string of the molecule is CCC(NCC(O)c1ccc2ccccc2c1)C(C)C. The van der Waals surface area contributed by atoms with Gasteiger partial charge >= 0.3 is 0 Å². The molecule has 0 radical (unpaired) electrons. The second kappa shape index (κ2) is 6.87. The highest BCUT2D eigenvalue weighted by molar-refractivity contribution is 5.83. The number of fused-ring (bicyclic) bond motifs is 1. The van der Waals surface area contributed by atoms with E-state index < -0.39 is 6.10 Å². The fourth-order valence-electron chi connectivity index (χ4n) is 2.65. The lowest BCUT2D eigenvalue weighted by molar-refractivity contribution is 0.165. The number of aliphatic hydroxyl groups is 1. The van der Waals surface area contributed by atoms with Crippen molar-refractivity contribution in [3.63, 3.8) is 0 Å². The second-order valence-electron chi connectivity index (χ2n) is 5.79. The molecule has 2 nitrogen and oxygen atoms in total. The third-order valence-electron chi connectivity index (χ3n) is 3.98. The van der Waals surface area contributed by atoms with E-state index in [9.17, 15) is 5.11 Å². The molecule has 0 spiro atoms. The molecule has 0 aliphatic carbocycles. The number of aliphatic hydroxyl groups excluding tert-OH is 1. The normalized spacial score (nSPS) is 14.7. The third kappa shape index (κ3) is 3.59. The first kappa shape index (κ1) is 15.0. The predicted molar refractivity (Wildman–Crippen MR) is 85.8 cm³/mol. The summed E-state index contributed by atoms with van der Waals surface area (Å²) in [6.45, 7) is 7.21. The van der Waals surface area contributed by atoms with Gasteiger partial charge < -0.3 is 10.4 Å². The smallest absolute Gasteiger partial charge is 0.0914 e. The number of nitrogens with one attached hydrogen (secondary N) is 1. The fourth-order valence-corrected chi connectivity index (χ4v) is 2.65. The molecule has 0 aliphatic heterocycles. The molecule has 20 heavy (non-hydrogen) atoms. The molecule has 0 bridgehead atoms. The molecular formula is C18H25NO. The summed E-state index contributed by atoms with van der Waals surface area (Å²) in [7, 11) is 0. The Morgan fingerprint density at radius 3 is 2.40 bits per heavy atom. The first-order valence-electron chi connectivity index (χ1n) is 7.52. The van der Waals surface area contributed by atoms with Crippen LogP contribution in [0.1, 0.15) is 38.9 Å². The van der Waals surface area contributed by atoms with Crippen molar-refractivity contribution < 1.29 is 5.11 Å². The summed E-state index contributed by atoms with van der Waals surface area (Å²) in [4.78, 5) is 0. The summed E-state index contributed by atoms with van der Waals surface area (Å²) in [5.41, 5.74) is 0.981. The largest absolute Gasteiger partial charge is 0.387 e. The van der Waals surface area contributed by atoms with Gasteiger partial charge in [0.05, 0.1) is 6.10 Å². The van der Waals surface area contributed by atoms with E-state index in [0.717, 1.165) is 12.0 Å². The molecule has 2 atom stereocenters. The van der Waals surface area contributed by atoms with Crippen LogP contribution in [0.5, 0.6) is 0 Å². The van der Waals surface area contributed by atoms with E-state index in [1.807, 2.05) is 18.2 Å². The van der Waals surface area contributed by atoms with Gasteiger partial charge in [0, 0.05) is 12.6 Å². The molecule has 2 aromatic carbocycles. The van der Waals surface area contributed by atoms with Gasteiger partial charge in [-0.25, -0.2) is 0 Å². The Morgan fingerprint density at radius 1 is 1.05 bits per heavy atom. The molecule has 2 unspecified atom stereocenters. The minimum Gasteiger partial charge on any atom is -0.387 e. The Balaban J connectivity index is 2.05. The van der Waals surface area contributed by atoms with Crippen LogP contribution in [0.15, 0.2) is 42.5 Å². The summed E-state index contributed by atoms with van der Waals surface area (Å²) >= 11 is 0. The minimum atomic E-state index is -0.451. The Labute approximate surface area is 121 Å². The van der Waals surface area contributed by atoms with Gasteiger partial charge in [0.15, 0.2) is 0 Å². The molecule has 0 aromatic heterocycles. The molecule has 0 heterocycles. The maximum absolute atomic E-state index is 10.3. The molecule has 2 heteroatoms. The van der Waals surface area contributed by atoms with Crippen molar-refractivity contribution in [2.75, 3.05) is 6.54 Å². The first-order valence-corrected chi connectivity index (χ1v) is 7.52. The van der Waals surface area contributed by atoms with Gasteiger partial charge in [-0.15, -0.1) is 0 Å². The zero-order chi connectivity index (χ0) is 14.5. The summed E-state index contributed by atoms with van der Waals surface area (Å²) in [6.07, 6.45) is 0.634. The molecule has 0 saturated carbocycles. The van der Waals surface area contributed by atoms with E-state index in [1.165, 1.54) is 10.8 Å². The quantitative estimate of drug-likeness (QED) is 0.835. The highest BCUT2D eigenvalue weighted by Crippen LogP contribution is 2.20. The fraction of sp³-hybridized carbons (Fsp3) is 0.444. The van der Waals surface area contributed by atoms with Crippen LogP contribution in [0, 0.1) is 5.92 Å². The molecule has 0 fully saturated rings. The van der Waals surface area contributed by atoms with Crippen LogP contribution in [0.3, 0.4) is 0 Å². The van der Waals surface area contributed by atoms with E-state index >= 15 is 0 Å². The van der Waals surface area contributed by atoms with Crippen molar-refractivity contribution >= 4 is 10.8 Å². The molecule has 0 aliphatic rings. The Bertz CT molecular complexity index is 550. The van der Waals surface area contributed by atoms with Gasteiger partial charge in [-0.05, 0) is 34.7 Å². The topological polar surface area (TPSA) is 32.3 Å². The number of benzene rings is 2. The minimum absolute atomic E-state index is 0.451. The van der Waals surface area contributed by atoms with Crippen LogP contribution in [-0.2, 0) is 0 Å². The van der Waals surface area contributed by atoms with Crippen LogP contribution in [0.4, 0.5) is 0 Å². The lowest BCUT2D eigenvalue weighted by Gasteiger charge is -2.23. The molecule has 2 aromatic rings. The van der Waals surface area contributed by atoms with Crippen LogP contribution < -0.4 is 5.32 Å². The first-order chi connectivity index (χ1) is 9.61. The van der Waals surface area contributed by atoms with Crippen molar-refractivity contribution in [3.05, 3.63) is 48.0 Å². The Morgan fingerprint density at radius 2 is 1.75 bits per heavy atom. The van der Waals surface area contributed by atoms with Crippen molar-refractivity contribution in [3.8, 4) is 0 Å². The number of hydrogen-bond donors (Lipinski definition) is 2. The zero-order valence-electron chi connectivity index (χ0n) is 12.6. The van der Waals surface area contributed by atoms with E-state index in [1.54, 1.807) is 0 Å². The summed E-state index contributed by atoms with van der Waals surface area (Å²) < 4.78 is 0. The van der Waals surface area contributed by atoms with Crippen molar-refractivity contribution in [1.82, 2.24) is 5.32 Å². The molecule has 2 N–H and O–H groups in total. The van der Waals surface area contributed by atoms with E-state index in [0.29, 0.717) is 18.5 Å². The van der Waals surface area contributed by atoms with Crippen LogP contribution in [-0.4, -0.2) is 17.7 Å². The molecule has 108 valence electrons. The third-order valence-corrected chi connectivity index (χ3v) is 3.98.